The van der Waals surface area contributed by atoms with Gasteiger partial charge in [0.05, 0.1) is 35.6 Å². The number of urea groups is 1. The van der Waals surface area contributed by atoms with Crippen molar-refractivity contribution in [2.45, 2.75) is 111 Å². The molecule has 0 aliphatic carbocycles. The summed E-state index contributed by atoms with van der Waals surface area (Å²) in [5.41, 5.74) is 4.03. The summed E-state index contributed by atoms with van der Waals surface area (Å²) in [6.45, 7) is 25.1. The van der Waals surface area contributed by atoms with E-state index in [4.69, 9.17) is 19.4 Å². The fourth-order valence-corrected chi connectivity index (χ4v) is 9.54. The molecule has 1 unspecified atom stereocenters. The zero-order chi connectivity index (χ0) is 45.9. The van der Waals surface area contributed by atoms with E-state index in [1.165, 1.54) is 0 Å². The Balaban J connectivity index is 0.882. The molecular formula is C48H70N10O5Si. The molecule has 1 atom stereocenters. The predicted octanol–water partition coefficient (Wildman–Crippen LogP) is 9.66. The van der Waals surface area contributed by atoms with Crippen LogP contribution in [0.25, 0.3) is 22.2 Å². The molecular weight excluding hydrogens is 825 g/mol. The van der Waals surface area contributed by atoms with Gasteiger partial charge in [-0.15, -0.1) is 0 Å². The second-order valence-electron chi connectivity index (χ2n) is 21.4. The summed E-state index contributed by atoms with van der Waals surface area (Å²) in [5.74, 6) is 2.26. The molecule has 3 N–H and O–H groups in total. The lowest BCUT2D eigenvalue weighted by Crippen LogP contribution is -2.56. The van der Waals surface area contributed by atoms with Gasteiger partial charge in [0, 0.05) is 66.6 Å². The van der Waals surface area contributed by atoms with Crippen LogP contribution in [0.15, 0.2) is 54.9 Å². The normalized spacial score (nSPS) is 17.6. The van der Waals surface area contributed by atoms with Gasteiger partial charge in [0.25, 0.3) is 0 Å². The average molecular weight is 895 g/mol. The molecule has 0 saturated carbocycles. The van der Waals surface area contributed by atoms with Gasteiger partial charge in [0.1, 0.15) is 23.1 Å². The fraction of sp³-hybridized carbons (Fsp3) is 0.583. The van der Waals surface area contributed by atoms with Gasteiger partial charge in [0.2, 0.25) is 0 Å². The molecule has 346 valence electrons. The summed E-state index contributed by atoms with van der Waals surface area (Å²) < 4.78 is 11.2. The Bertz CT molecular complexity index is 2240. The van der Waals surface area contributed by atoms with Crippen molar-refractivity contribution in [3.05, 3.63) is 60.7 Å². The number of imidazole rings is 1. The topological polar surface area (TPSA) is 161 Å². The third-order valence-electron chi connectivity index (χ3n) is 12.6. The van der Waals surface area contributed by atoms with E-state index >= 15 is 0 Å². The second kappa shape index (κ2) is 19.0. The number of nitrogens with zero attached hydrogens (tertiary/aromatic N) is 7. The highest BCUT2D eigenvalue weighted by molar-refractivity contribution is 6.76. The van der Waals surface area contributed by atoms with Crippen molar-refractivity contribution >= 4 is 54.6 Å². The largest absolute Gasteiger partial charge is 0.450 e. The van der Waals surface area contributed by atoms with Crippen LogP contribution < -0.4 is 15.5 Å². The second-order valence-corrected chi connectivity index (χ2v) is 27.1. The standard InChI is InChI=1S/C48H70N10O5Si/c1-46(2,3)32-39(54-43(59)63-47(4,5)6)42-52-37-12-10-34(30-38(37)53-42)35-14-19-49-40(31-35)51-36-11-13-41(50-33-36)55-24-26-57(27-25-55)44(60)56-20-15-48(16-21-56)17-22-58(23-18-48)45(61)62-28-29-64(7,8)9/h10-14,19,30-31,33,39H,15-18,20-29,32H2,1-9H3,(H,49,51)(H,52,53)(H,54,59). The number of H-pyrrole nitrogens is 1. The van der Waals surface area contributed by atoms with E-state index in [-0.39, 0.29) is 29.0 Å². The van der Waals surface area contributed by atoms with Gasteiger partial charge < -0.3 is 44.7 Å². The van der Waals surface area contributed by atoms with Crippen LogP contribution >= 0.6 is 0 Å². The monoisotopic (exact) mass is 895 g/mol. The van der Waals surface area contributed by atoms with Gasteiger partial charge in [-0.2, -0.15) is 0 Å². The molecule has 4 aromatic rings. The van der Waals surface area contributed by atoms with Gasteiger partial charge in [-0.25, -0.2) is 29.3 Å². The number of amides is 4. The first-order valence-electron chi connectivity index (χ1n) is 23.1. The zero-order valence-electron chi connectivity index (χ0n) is 39.6. The van der Waals surface area contributed by atoms with E-state index in [9.17, 15) is 14.4 Å². The minimum absolute atomic E-state index is 0.0652. The number of pyridine rings is 2. The Morgan fingerprint density at radius 3 is 2.09 bits per heavy atom. The molecule has 0 radical (unpaired) electrons. The number of aromatic amines is 1. The molecule has 3 saturated heterocycles. The van der Waals surface area contributed by atoms with Crippen molar-refractivity contribution in [1.29, 1.82) is 0 Å². The molecule has 0 bridgehead atoms. The van der Waals surface area contributed by atoms with Gasteiger partial charge in [-0.1, -0.05) is 46.5 Å². The lowest BCUT2D eigenvalue weighted by atomic mass is 9.71. The third kappa shape index (κ3) is 12.4. The summed E-state index contributed by atoms with van der Waals surface area (Å²) in [6, 6.07) is 14.9. The number of piperidine rings is 2. The Kier molecular flexibility index (Phi) is 13.8. The highest BCUT2D eigenvalue weighted by Gasteiger charge is 2.41. The average Bonchev–Trinajstić information content (AvgIpc) is 3.67. The van der Waals surface area contributed by atoms with Crippen LogP contribution in [0, 0.1) is 10.8 Å². The number of carbonyl (C=O) groups excluding carboxylic acids is 3. The summed E-state index contributed by atoms with van der Waals surface area (Å²) in [4.78, 5) is 64.9. The van der Waals surface area contributed by atoms with Gasteiger partial charge in [-0.3, -0.25) is 0 Å². The maximum absolute atomic E-state index is 13.6. The number of piperazine rings is 1. The van der Waals surface area contributed by atoms with E-state index in [0.29, 0.717) is 37.8 Å². The van der Waals surface area contributed by atoms with E-state index in [2.05, 4.69) is 72.0 Å². The molecule has 1 spiro atoms. The highest BCUT2D eigenvalue weighted by Crippen LogP contribution is 2.42. The Hall–Kier alpha value is -5.38. The van der Waals surface area contributed by atoms with Gasteiger partial charge >= 0.3 is 18.2 Å². The minimum Gasteiger partial charge on any atom is -0.450 e. The zero-order valence-corrected chi connectivity index (χ0v) is 40.6. The third-order valence-corrected chi connectivity index (χ3v) is 14.3. The number of fused-ring (bicyclic) bond motifs is 1. The highest BCUT2D eigenvalue weighted by atomic mass is 28.3. The summed E-state index contributed by atoms with van der Waals surface area (Å²) in [7, 11) is -1.24. The van der Waals surface area contributed by atoms with Crippen molar-refractivity contribution < 1.29 is 23.9 Å². The number of alkyl carbamates (subject to hydrolysis) is 1. The number of carbonyl (C=O) groups is 3. The number of rotatable bonds is 10. The smallest absolute Gasteiger partial charge is 0.409 e. The molecule has 3 aliphatic rings. The molecule has 1 aromatic carbocycles. The van der Waals surface area contributed by atoms with Crippen molar-refractivity contribution in [2.75, 3.05) is 69.2 Å². The number of hydrogen-bond acceptors (Lipinski definition) is 10. The van der Waals surface area contributed by atoms with E-state index in [1.54, 1.807) is 6.20 Å². The Morgan fingerprint density at radius 2 is 1.47 bits per heavy atom. The Labute approximate surface area is 380 Å². The van der Waals surface area contributed by atoms with Crippen LogP contribution in [-0.2, 0) is 9.47 Å². The van der Waals surface area contributed by atoms with E-state index < -0.39 is 19.8 Å². The molecule has 3 fully saturated rings. The molecule has 16 heteroatoms. The van der Waals surface area contributed by atoms with Crippen LogP contribution in [0.1, 0.15) is 85.5 Å². The quantitative estimate of drug-likeness (QED) is 0.131. The minimum atomic E-state index is -1.24. The number of ether oxygens (including phenoxy) is 2. The van der Waals surface area contributed by atoms with Crippen LogP contribution in [0.5, 0.6) is 0 Å². The number of benzene rings is 1. The van der Waals surface area contributed by atoms with Crippen molar-refractivity contribution in [3.63, 3.8) is 0 Å². The first kappa shape index (κ1) is 46.6. The SMILES string of the molecule is CC(C)(C)CC(NC(=O)OC(C)(C)C)c1nc2ccc(-c3ccnc(Nc4ccc(N5CCN(C(=O)N6CCC7(CCN(C(=O)OCC[Si](C)(C)C)CC7)CC6)CC5)nc4)c3)cc2[nH]1. The maximum Gasteiger partial charge on any atom is 0.409 e. The van der Waals surface area contributed by atoms with Crippen molar-refractivity contribution in [3.8, 4) is 11.1 Å². The lowest BCUT2D eigenvalue weighted by molar-refractivity contribution is 0.0323. The van der Waals surface area contributed by atoms with Crippen LogP contribution in [0.3, 0.4) is 0 Å². The molecule has 3 aromatic heterocycles. The summed E-state index contributed by atoms with van der Waals surface area (Å²) >= 11 is 0. The van der Waals surface area contributed by atoms with Crippen LogP contribution in [0.4, 0.5) is 31.7 Å². The fourth-order valence-electron chi connectivity index (χ4n) is 8.82. The number of likely N-dealkylation sites (tertiary alicyclic amines) is 2. The van der Waals surface area contributed by atoms with Crippen LogP contribution in [0.2, 0.25) is 25.7 Å². The number of anilines is 3. The summed E-state index contributed by atoms with van der Waals surface area (Å²) in [6.07, 6.45) is 7.57. The first-order valence-corrected chi connectivity index (χ1v) is 26.8. The lowest BCUT2D eigenvalue weighted by Gasteiger charge is -2.47. The van der Waals surface area contributed by atoms with E-state index in [0.717, 1.165) is 105 Å². The molecule has 3 aliphatic heterocycles. The molecule has 4 amide bonds. The van der Waals surface area contributed by atoms with Gasteiger partial charge in [-0.05, 0) is 117 Å². The van der Waals surface area contributed by atoms with E-state index in [1.807, 2.05) is 78.1 Å². The number of nitrogens with one attached hydrogen (secondary N) is 3. The molecule has 15 nitrogen and oxygen atoms in total. The summed E-state index contributed by atoms with van der Waals surface area (Å²) in [5, 5.41) is 6.45. The predicted molar refractivity (Wildman–Crippen MR) is 256 cm³/mol. The van der Waals surface area contributed by atoms with Gasteiger partial charge in [0.15, 0.2) is 0 Å². The molecule has 6 heterocycles. The van der Waals surface area contributed by atoms with Crippen molar-refractivity contribution in [2.24, 2.45) is 10.8 Å². The molecule has 64 heavy (non-hydrogen) atoms. The number of aromatic nitrogens is 4. The molecule has 7 rings (SSSR count). The maximum atomic E-state index is 13.6. The van der Waals surface area contributed by atoms with Crippen LogP contribution in [-0.4, -0.2) is 125 Å². The Morgan fingerprint density at radius 1 is 0.812 bits per heavy atom. The first-order chi connectivity index (χ1) is 30.2. The van der Waals surface area contributed by atoms with Crippen molar-refractivity contribution in [1.82, 2.24) is 40.0 Å². The number of hydrogen-bond donors (Lipinski definition) is 3.